The van der Waals surface area contributed by atoms with Gasteiger partial charge in [-0.05, 0) is 12.1 Å². The normalized spacial score (nSPS) is 10.8. The van der Waals surface area contributed by atoms with E-state index in [-0.39, 0.29) is 23.4 Å². The van der Waals surface area contributed by atoms with Crippen molar-refractivity contribution in [2.45, 2.75) is 13.1 Å². The summed E-state index contributed by atoms with van der Waals surface area (Å²) in [6, 6.07) is 9.63. The number of aromatic nitrogens is 4. The average molecular weight is 355 g/mol. The SMILES string of the molecule is COCCn1nc(CNC(=O)c2ccc(=O)[nH]n2)c2ccccc2c1=O. The number of amides is 1. The highest BCUT2D eigenvalue weighted by atomic mass is 16.5. The lowest BCUT2D eigenvalue weighted by Gasteiger charge is -2.11. The van der Waals surface area contributed by atoms with E-state index in [1.165, 1.54) is 16.8 Å². The van der Waals surface area contributed by atoms with Crippen LogP contribution in [0.2, 0.25) is 0 Å². The third-order valence-electron chi connectivity index (χ3n) is 3.78. The molecule has 1 amide bonds. The number of hydrogen-bond acceptors (Lipinski definition) is 6. The fourth-order valence-corrected chi connectivity index (χ4v) is 2.49. The van der Waals surface area contributed by atoms with Crippen molar-refractivity contribution in [3.05, 3.63) is 68.5 Å². The average Bonchev–Trinajstić information content (AvgIpc) is 2.67. The second-order valence-corrected chi connectivity index (χ2v) is 5.50. The highest BCUT2D eigenvalue weighted by Gasteiger charge is 2.13. The molecule has 0 radical (unpaired) electrons. The number of aromatic amines is 1. The number of nitrogens with zero attached hydrogens (tertiary/aromatic N) is 3. The maximum atomic E-state index is 12.5. The predicted molar refractivity (Wildman–Crippen MR) is 93.9 cm³/mol. The molecular weight excluding hydrogens is 338 g/mol. The quantitative estimate of drug-likeness (QED) is 0.645. The fourth-order valence-electron chi connectivity index (χ4n) is 2.49. The molecule has 9 heteroatoms. The van der Waals surface area contributed by atoms with Gasteiger partial charge in [0.05, 0.1) is 30.8 Å². The van der Waals surface area contributed by atoms with E-state index in [4.69, 9.17) is 4.74 Å². The van der Waals surface area contributed by atoms with Crippen LogP contribution < -0.4 is 16.4 Å². The van der Waals surface area contributed by atoms with Crippen LogP contribution in [0, 0.1) is 0 Å². The van der Waals surface area contributed by atoms with E-state index in [9.17, 15) is 14.4 Å². The molecule has 134 valence electrons. The molecule has 2 N–H and O–H groups in total. The van der Waals surface area contributed by atoms with Gasteiger partial charge in [0, 0.05) is 18.6 Å². The third kappa shape index (κ3) is 3.67. The molecule has 0 aliphatic rings. The number of ether oxygens (including phenoxy) is 1. The van der Waals surface area contributed by atoms with E-state index < -0.39 is 5.91 Å². The van der Waals surface area contributed by atoms with Gasteiger partial charge in [0.1, 0.15) is 5.69 Å². The molecule has 0 saturated carbocycles. The van der Waals surface area contributed by atoms with Gasteiger partial charge >= 0.3 is 0 Å². The van der Waals surface area contributed by atoms with E-state index in [1.807, 2.05) is 0 Å². The van der Waals surface area contributed by atoms with Gasteiger partial charge in [0.25, 0.3) is 17.0 Å². The third-order valence-corrected chi connectivity index (χ3v) is 3.78. The van der Waals surface area contributed by atoms with Crippen LogP contribution in [0.3, 0.4) is 0 Å². The number of benzene rings is 1. The van der Waals surface area contributed by atoms with Crippen molar-refractivity contribution >= 4 is 16.7 Å². The molecule has 0 saturated heterocycles. The number of carbonyl (C=O) groups excluding carboxylic acids is 1. The molecule has 0 unspecified atom stereocenters. The Hall–Kier alpha value is -3.33. The summed E-state index contributed by atoms with van der Waals surface area (Å²) in [5.41, 5.74) is 0.0325. The van der Waals surface area contributed by atoms with Crippen LogP contribution in [0.1, 0.15) is 16.2 Å². The van der Waals surface area contributed by atoms with Crippen molar-refractivity contribution < 1.29 is 9.53 Å². The van der Waals surface area contributed by atoms with E-state index in [0.717, 1.165) is 0 Å². The van der Waals surface area contributed by atoms with Gasteiger partial charge in [0.15, 0.2) is 0 Å². The van der Waals surface area contributed by atoms with Crippen molar-refractivity contribution in [3.63, 3.8) is 0 Å². The molecule has 0 atom stereocenters. The molecule has 2 heterocycles. The topological polar surface area (TPSA) is 119 Å². The Morgan fingerprint density at radius 3 is 2.65 bits per heavy atom. The first-order chi connectivity index (χ1) is 12.6. The molecule has 0 bridgehead atoms. The molecule has 3 aromatic rings. The maximum Gasteiger partial charge on any atom is 0.274 e. The summed E-state index contributed by atoms with van der Waals surface area (Å²) in [6.45, 7) is 0.758. The Morgan fingerprint density at radius 2 is 1.96 bits per heavy atom. The van der Waals surface area contributed by atoms with E-state index in [1.54, 1.807) is 31.4 Å². The zero-order valence-electron chi connectivity index (χ0n) is 14.1. The highest BCUT2D eigenvalue weighted by molar-refractivity contribution is 5.92. The van der Waals surface area contributed by atoms with Crippen LogP contribution in [0.25, 0.3) is 10.8 Å². The Balaban J connectivity index is 1.90. The number of hydrogen-bond donors (Lipinski definition) is 2. The molecule has 2 aromatic heterocycles. The van der Waals surface area contributed by atoms with E-state index >= 15 is 0 Å². The summed E-state index contributed by atoms with van der Waals surface area (Å²) in [7, 11) is 1.55. The Labute approximate surface area is 147 Å². The smallest absolute Gasteiger partial charge is 0.274 e. The number of rotatable bonds is 6. The molecular formula is C17H17N5O4. The largest absolute Gasteiger partial charge is 0.383 e. The van der Waals surface area contributed by atoms with Gasteiger partial charge in [-0.1, -0.05) is 18.2 Å². The second-order valence-electron chi connectivity index (χ2n) is 5.50. The summed E-state index contributed by atoms with van der Waals surface area (Å²) in [6.07, 6.45) is 0. The summed E-state index contributed by atoms with van der Waals surface area (Å²) in [5, 5.41) is 14.1. The van der Waals surface area contributed by atoms with Crippen LogP contribution >= 0.6 is 0 Å². The Bertz CT molecular complexity index is 1040. The number of fused-ring (bicyclic) bond motifs is 1. The van der Waals surface area contributed by atoms with Crippen LogP contribution in [0.15, 0.2) is 46.0 Å². The first kappa shape index (κ1) is 17.5. The molecule has 3 rings (SSSR count). The van der Waals surface area contributed by atoms with Gasteiger partial charge < -0.3 is 10.1 Å². The van der Waals surface area contributed by atoms with Gasteiger partial charge in [0.2, 0.25) is 0 Å². The molecule has 0 spiro atoms. The molecule has 0 fully saturated rings. The first-order valence-electron chi connectivity index (χ1n) is 7.92. The lowest BCUT2D eigenvalue weighted by atomic mass is 10.1. The minimum atomic E-state index is -0.457. The van der Waals surface area contributed by atoms with Crippen molar-refractivity contribution in [2.24, 2.45) is 0 Å². The zero-order valence-corrected chi connectivity index (χ0v) is 14.1. The van der Waals surface area contributed by atoms with Crippen LogP contribution in [0.5, 0.6) is 0 Å². The van der Waals surface area contributed by atoms with E-state index in [0.29, 0.717) is 29.6 Å². The number of nitrogens with one attached hydrogen (secondary N) is 2. The van der Waals surface area contributed by atoms with E-state index in [2.05, 4.69) is 20.6 Å². The molecule has 0 aliphatic carbocycles. The highest BCUT2D eigenvalue weighted by Crippen LogP contribution is 2.13. The minimum Gasteiger partial charge on any atom is -0.383 e. The number of methoxy groups -OCH3 is 1. The molecule has 9 nitrogen and oxygen atoms in total. The predicted octanol–water partition coefficient (Wildman–Crippen LogP) is 0.0562. The maximum absolute atomic E-state index is 12.5. The summed E-state index contributed by atoms with van der Waals surface area (Å²) < 4.78 is 6.34. The second kappa shape index (κ2) is 7.70. The zero-order chi connectivity index (χ0) is 18.5. The van der Waals surface area contributed by atoms with Gasteiger partial charge in [-0.3, -0.25) is 14.4 Å². The number of carbonyl (C=O) groups is 1. The fraction of sp³-hybridized carbons (Fsp3) is 0.235. The van der Waals surface area contributed by atoms with Crippen molar-refractivity contribution in [1.29, 1.82) is 0 Å². The summed E-state index contributed by atoms with van der Waals surface area (Å²) in [4.78, 5) is 35.7. The van der Waals surface area contributed by atoms with Crippen molar-refractivity contribution in [3.8, 4) is 0 Å². The lowest BCUT2D eigenvalue weighted by molar-refractivity contribution is 0.0944. The Morgan fingerprint density at radius 1 is 1.19 bits per heavy atom. The first-order valence-corrected chi connectivity index (χ1v) is 7.92. The summed E-state index contributed by atoms with van der Waals surface area (Å²) >= 11 is 0. The van der Waals surface area contributed by atoms with Crippen LogP contribution in [-0.4, -0.2) is 39.6 Å². The van der Waals surface area contributed by atoms with Gasteiger partial charge in [-0.15, -0.1) is 0 Å². The van der Waals surface area contributed by atoms with Crippen LogP contribution in [0.4, 0.5) is 0 Å². The monoisotopic (exact) mass is 355 g/mol. The summed E-state index contributed by atoms with van der Waals surface area (Å²) in [5.74, 6) is -0.457. The van der Waals surface area contributed by atoms with Crippen molar-refractivity contribution in [1.82, 2.24) is 25.3 Å². The van der Waals surface area contributed by atoms with Gasteiger partial charge in [-0.2, -0.15) is 10.2 Å². The Kier molecular flexibility index (Phi) is 5.18. The van der Waals surface area contributed by atoms with Crippen molar-refractivity contribution in [2.75, 3.05) is 13.7 Å². The molecule has 0 aliphatic heterocycles. The number of H-pyrrole nitrogens is 1. The standard InChI is InChI=1S/C17H17N5O4/c1-26-9-8-22-17(25)12-5-3-2-4-11(12)14(21-22)10-18-16(24)13-6-7-15(23)20-19-13/h2-7H,8-10H2,1H3,(H,18,24)(H,20,23). The molecule has 1 aromatic carbocycles. The molecule has 26 heavy (non-hydrogen) atoms. The van der Waals surface area contributed by atoms with Crippen LogP contribution in [-0.2, 0) is 17.8 Å². The van der Waals surface area contributed by atoms with Gasteiger partial charge in [-0.25, -0.2) is 9.78 Å². The minimum absolute atomic E-state index is 0.0848. The lowest BCUT2D eigenvalue weighted by Crippen LogP contribution is -2.30.